The van der Waals surface area contributed by atoms with Gasteiger partial charge in [0.15, 0.2) is 5.78 Å². The van der Waals surface area contributed by atoms with Crippen molar-refractivity contribution in [3.05, 3.63) is 17.5 Å². The summed E-state index contributed by atoms with van der Waals surface area (Å²) in [6, 6.07) is 1.80. The Balaban J connectivity index is 0.000000671. The van der Waals surface area contributed by atoms with E-state index in [1.807, 2.05) is 13.8 Å². The number of aromatic nitrogens is 2. The Bertz CT molecular complexity index is 264. The minimum Gasteiger partial charge on any atom is -0.293 e. The Morgan fingerprint density at radius 3 is 2.23 bits per heavy atom. The fourth-order valence-electron chi connectivity index (χ4n) is 0.813. The minimum absolute atomic E-state index is 0.00755. The largest absolute Gasteiger partial charge is 0.293 e. The van der Waals surface area contributed by atoms with Gasteiger partial charge in [0.1, 0.15) is 5.69 Å². The molecule has 0 radical (unpaired) electrons. The molecule has 1 heterocycles. The average molecular weight is 182 g/mol. The normalized spacial score (nSPS) is 9.38. The molecule has 3 heteroatoms. The zero-order valence-electron chi connectivity index (χ0n) is 9.01. The lowest BCUT2D eigenvalue weighted by Crippen LogP contribution is -1.90. The van der Waals surface area contributed by atoms with E-state index in [1.54, 1.807) is 6.07 Å². The Labute approximate surface area is 79.6 Å². The summed E-state index contributed by atoms with van der Waals surface area (Å²) < 4.78 is 0. The van der Waals surface area contributed by atoms with E-state index in [0.29, 0.717) is 11.6 Å². The van der Waals surface area contributed by atoms with Crippen molar-refractivity contribution in [2.75, 3.05) is 0 Å². The number of nitrogens with zero attached hydrogens (tertiary/aromatic N) is 1. The van der Waals surface area contributed by atoms with E-state index >= 15 is 0 Å². The van der Waals surface area contributed by atoms with Crippen molar-refractivity contribution in [3.63, 3.8) is 0 Å². The first-order valence-corrected chi connectivity index (χ1v) is 4.67. The number of rotatable bonds is 2. The zero-order chi connectivity index (χ0) is 10.4. The molecule has 0 saturated heterocycles. The first-order valence-electron chi connectivity index (χ1n) is 4.67. The summed E-state index contributed by atoms with van der Waals surface area (Å²) >= 11 is 0. The van der Waals surface area contributed by atoms with Crippen molar-refractivity contribution in [3.8, 4) is 0 Å². The van der Waals surface area contributed by atoms with Crippen LogP contribution in [0.5, 0.6) is 0 Å². The molecule has 74 valence electrons. The van der Waals surface area contributed by atoms with Gasteiger partial charge in [-0.3, -0.25) is 9.89 Å². The summed E-state index contributed by atoms with van der Waals surface area (Å²) in [5, 5.41) is 6.68. The third-order valence-electron chi connectivity index (χ3n) is 1.58. The van der Waals surface area contributed by atoms with Crippen LogP contribution in [0.4, 0.5) is 0 Å². The van der Waals surface area contributed by atoms with Crippen LogP contribution < -0.4 is 0 Å². The summed E-state index contributed by atoms with van der Waals surface area (Å²) in [6.45, 7) is 9.62. The molecule has 1 aromatic rings. The van der Waals surface area contributed by atoms with Crippen molar-refractivity contribution in [2.45, 2.75) is 40.5 Å². The summed E-state index contributed by atoms with van der Waals surface area (Å²) in [5.41, 5.74) is 1.53. The SMILES string of the molecule is CC.CC(=O)c1cc(C(C)C)[nH]n1. The van der Waals surface area contributed by atoms with E-state index in [1.165, 1.54) is 6.92 Å². The van der Waals surface area contributed by atoms with Gasteiger partial charge in [-0.15, -0.1) is 0 Å². The zero-order valence-corrected chi connectivity index (χ0v) is 9.01. The summed E-state index contributed by atoms with van der Waals surface area (Å²) in [5.74, 6) is 0.406. The van der Waals surface area contributed by atoms with E-state index in [4.69, 9.17) is 0 Å². The number of Topliss-reactive ketones (excluding diaryl/α,β-unsaturated/α-hetero) is 1. The molecule has 0 aliphatic carbocycles. The molecular weight excluding hydrogens is 164 g/mol. The molecule has 0 unspecified atom stereocenters. The van der Waals surface area contributed by atoms with E-state index < -0.39 is 0 Å². The van der Waals surface area contributed by atoms with Gasteiger partial charge in [-0.25, -0.2) is 0 Å². The maximum absolute atomic E-state index is 10.8. The molecular formula is C10H18N2O. The third kappa shape index (κ3) is 3.40. The van der Waals surface area contributed by atoms with Crippen molar-refractivity contribution in [2.24, 2.45) is 0 Å². The molecule has 1 rings (SSSR count). The molecule has 0 saturated carbocycles. The van der Waals surface area contributed by atoms with Gasteiger partial charge in [0.25, 0.3) is 0 Å². The monoisotopic (exact) mass is 182 g/mol. The second-order valence-corrected chi connectivity index (χ2v) is 2.92. The smallest absolute Gasteiger partial charge is 0.179 e. The number of aromatic amines is 1. The van der Waals surface area contributed by atoms with Crippen molar-refractivity contribution in [1.82, 2.24) is 10.2 Å². The van der Waals surface area contributed by atoms with Gasteiger partial charge in [0.2, 0.25) is 0 Å². The van der Waals surface area contributed by atoms with E-state index in [9.17, 15) is 4.79 Å². The van der Waals surface area contributed by atoms with Crippen LogP contribution in [0.15, 0.2) is 6.07 Å². The minimum atomic E-state index is 0.00755. The Morgan fingerprint density at radius 2 is 2.00 bits per heavy atom. The Hall–Kier alpha value is -1.12. The second-order valence-electron chi connectivity index (χ2n) is 2.92. The van der Waals surface area contributed by atoms with Crippen LogP contribution >= 0.6 is 0 Å². The molecule has 0 fully saturated rings. The van der Waals surface area contributed by atoms with Crippen LogP contribution in [0, 0.1) is 0 Å². The maximum atomic E-state index is 10.8. The highest BCUT2D eigenvalue weighted by Crippen LogP contribution is 2.11. The molecule has 0 amide bonds. The Morgan fingerprint density at radius 1 is 1.46 bits per heavy atom. The predicted octanol–water partition coefficient (Wildman–Crippen LogP) is 2.76. The maximum Gasteiger partial charge on any atom is 0.179 e. The van der Waals surface area contributed by atoms with E-state index in [-0.39, 0.29) is 5.78 Å². The lowest BCUT2D eigenvalue weighted by atomic mass is 10.1. The van der Waals surface area contributed by atoms with Crippen LogP contribution in [0.1, 0.15) is 56.7 Å². The lowest BCUT2D eigenvalue weighted by Gasteiger charge is -1.95. The van der Waals surface area contributed by atoms with Crippen molar-refractivity contribution < 1.29 is 4.79 Å². The van der Waals surface area contributed by atoms with Gasteiger partial charge in [-0.05, 0) is 12.0 Å². The van der Waals surface area contributed by atoms with Crippen LogP contribution in [-0.2, 0) is 0 Å². The Kier molecular flexibility index (Phi) is 5.04. The molecule has 1 aromatic heterocycles. The number of ketones is 1. The topological polar surface area (TPSA) is 45.8 Å². The van der Waals surface area contributed by atoms with Gasteiger partial charge in [0.05, 0.1) is 0 Å². The molecule has 0 aromatic carbocycles. The second kappa shape index (κ2) is 5.51. The molecule has 0 spiro atoms. The number of hydrogen-bond acceptors (Lipinski definition) is 2. The standard InChI is InChI=1S/C8H12N2O.C2H6/c1-5(2)7-4-8(6(3)11)10-9-7;1-2/h4-5H,1-3H3,(H,9,10);1-2H3. The summed E-state index contributed by atoms with van der Waals surface area (Å²) in [6.07, 6.45) is 0. The fraction of sp³-hybridized carbons (Fsp3) is 0.600. The van der Waals surface area contributed by atoms with E-state index in [0.717, 1.165) is 5.69 Å². The molecule has 13 heavy (non-hydrogen) atoms. The quantitative estimate of drug-likeness (QED) is 0.715. The summed E-state index contributed by atoms with van der Waals surface area (Å²) in [4.78, 5) is 10.8. The van der Waals surface area contributed by atoms with Gasteiger partial charge in [0, 0.05) is 12.6 Å². The van der Waals surface area contributed by atoms with Crippen LogP contribution in [-0.4, -0.2) is 16.0 Å². The number of carbonyl (C=O) groups is 1. The highest BCUT2D eigenvalue weighted by molar-refractivity contribution is 5.92. The van der Waals surface area contributed by atoms with Crippen LogP contribution in [0.3, 0.4) is 0 Å². The van der Waals surface area contributed by atoms with Crippen LogP contribution in [0.2, 0.25) is 0 Å². The molecule has 0 bridgehead atoms. The summed E-state index contributed by atoms with van der Waals surface area (Å²) in [7, 11) is 0. The third-order valence-corrected chi connectivity index (χ3v) is 1.58. The average Bonchev–Trinajstić information content (AvgIpc) is 2.56. The van der Waals surface area contributed by atoms with Gasteiger partial charge < -0.3 is 0 Å². The van der Waals surface area contributed by atoms with Gasteiger partial charge in [-0.2, -0.15) is 5.10 Å². The molecule has 0 aliphatic rings. The van der Waals surface area contributed by atoms with E-state index in [2.05, 4.69) is 24.0 Å². The molecule has 3 nitrogen and oxygen atoms in total. The predicted molar refractivity (Wildman–Crippen MR) is 54.0 cm³/mol. The number of nitrogens with one attached hydrogen (secondary N) is 1. The highest BCUT2D eigenvalue weighted by Gasteiger charge is 2.06. The number of H-pyrrole nitrogens is 1. The fourth-order valence-corrected chi connectivity index (χ4v) is 0.813. The molecule has 0 aliphatic heterocycles. The first-order chi connectivity index (χ1) is 6.11. The van der Waals surface area contributed by atoms with Gasteiger partial charge in [-0.1, -0.05) is 27.7 Å². The first kappa shape index (κ1) is 11.9. The number of carbonyl (C=O) groups excluding carboxylic acids is 1. The van der Waals surface area contributed by atoms with Crippen LogP contribution in [0.25, 0.3) is 0 Å². The van der Waals surface area contributed by atoms with Gasteiger partial charge >= 0.3 is 0 Å². The van der Waals surface area contributed by atoms with Crippen molar-refractivity contribution in [1.29, 1.82) is 0 Å². The molecule has 0 atom stereocenters. The molecule has 1 N–H and O–H groups in total. The highest BCUT2D eigenvalue weighted by atomic mass is 16.1. The number of hydrogen-bond donors (Lipinski definition) is 1. The van der Waals surface area contributed by atoms with Crippen molar-refractivity contribution >= 4 is 5.78 Å². The lowest BCUT2D eigenvalue weighted by molar-refractivity contribution is 0.101.